The molecule has 1 aromatic rings. The number of hydrogen-bond acceptors (Lipinski definition) is 6. The van der Waals surface area contributed by atoms with Crippen LogP contribution in [-0.2, 0) is 14.8 Å². The van der Waals surface area contributed by atoms with Crippen LogP contribution in [0.2, 0.25) is 0 Å². The maximum Gasteiger partial charge on any atom is 0.273 e. The fourth-order valence-electron chi connectivity index (χ4n) is 2.91. The minimum absolute atomic E-state index is 0.000976. The summed E-state index contributed by atoms with van der Waals surface area (Å²) in [6.45, 7) is 2.04. The molecule has 0 unspecified atom stereocenters. The second-order valence-electron chi connectivity index (χ2n) is 5.50. The molecule has 0 aliphatic carbocycles. The molecule has 1 aromatic heterocycles. The zero-order valence-electron chi connectivity index (χ0n) is 11.6. The average Bonchev–Trinajstić information content (AvgIpc) is 3.11. The van der Waals surface area contributed by atoms with Gasteiger partial charge in [0.25, 0.3) is 5.91 Å². The summed E-state index contributed by atoms with van der Waals surface area (Å²) in [5.41, 5.74) is 2.10. The molecular formula is C12H17N3O4S2. The number of nitrogens with zero attached hydrogens (tertiary/aromatic N) is 2. The summed E-state index contributed by atoms with van der Waals surface area (Å²) in [4.78, 5) is 18.1. The molecule has 0 saturated carbocycles. The van der Waals surface area contributed by atoms with Crippen LogP contribution in [0.25, 0.3) is 0 Å². The molecule has 1 N–H and O–H groups in total. The molecule has 2 saturated heterocycles. The maximum absolute atomic E-state index is 12.3. The number of amides is 1. The van der Waals surface area contributed by atoms with E-state index in [9.17, 15) is 13.2 Å². The van der Waals surface area contributed by atoms with Crippen LogP contribution in [0, 0.1) is 11.8 Å². The smallest absolute Gasteiger partial charge is 0.273 e. The van der Waals surface area contributed by atoms with Crippen molar-refractivity contribution in [3.63, 3.8) is 0 Å². The molecule has 1 amide bonds. The van der Waals surface area contributed by atoms with Crippen molar-refractivity contribution in [1.29, 1.82) is 0 Å². The maximum atomic E-state index is 12.3. The van der Waals surface area contributed by atoms with E-state index in [1.54, 1.807) is 15.8 Å². The summed E-state index contributed by atoms with van der Waals surface area (Å²) in [6.07, 6.45) is 1.14. The van der Waals surface area contributed by atoms with Crippen LogP contribution in [0.3, 0.4) is 0 Å². The Bertz CT molecular complexity index is 616. The molecule has 2 fully saturated rings. The van der Waals surface area contributed by atoms with Crippen molar-refractivity contribution in [2.24, 2.45) is 11.8 Å². The minimum Gasteiger partial charge on any atom is -0.376 e. The van der Waals surface area contributed by atoms with Gasteiger partial charge in [-0.15, -0.1) is 11.3 Å². The molecule has 0 radical (unpaired) electrons. The quantitative estimate of drug-likeness (QED) is 0.824. The number of aromatic nitrogens is 1. The summed E-state index contributed by atoms with van der Waals surface area (Å²) >= 11 is 1.39. The van der Waals surface area contributed by atoms with Crippen LogP contribution in [0.15, 0.2) is 10.9 Å². The van der Waals surface area contributed by atoms with Crippen molar-refractivity contribution in [2.75, 3.05) is 32.5 Å². The zero-order valence-corrected chi connectivity index (χ0v) is 13.2. The fraction of sp³-hybridized carbons (Fsp3) is 0.667. The predicted octanol–water partition coefficient (Wildman–Crippen LogP) is -0.221. The normalized spacial score (nSPS) is 28.8. The van der Waals surface area contributed by atoms with Gasteiger partial charge in [0.2, 0.25) is 10.0 Å². The number of sulfonamides is 1. The Balaban J connectivity index is 1.62. The number of carbonyl (C=O) groups excluding carboxylic acids is 1. The van der Waals surface area contributed by atoms with Crippen LogP contribution >= 0.6 is 11.3 Å². The molecular weight excluding hydrogens is 314 g/mol. The number of nitrogens with one attached hydrogen (secondary N) is 1. The van der Waals surface area contributed by atoms with Crippen molar-refractivity contribution in [2.45, 2.75) is 6.10 Å². The van der Waals surface area contributed by atoms with E-state index in [2.05, 4.69) is 9.71 Å². The molecule has 116 valence electrons. The summed E-state index contributed by atoms with van der Waals surface area (Å²) in [5, 5.41) is 1.74. The molecule has 21 heavy (non-hydrogen) atoms. The Morgan fingerprint density at radius 1 is 1.57 bits per heavy atom. The van der Waals surface area contributed by atoms with Crippen molar-refractivity contribution in [3.05, 3.63) is 16.6 Å². The zero-order chi connectivity index (χ0) is 15.0. The van der Waals surface area contributed by atoms with Gasteiger partial charge in [0.15, 0.2) is 0 Å². The van der Waals surface area contributed by atoms with Gasteiger partial charge in [-0.05, 0) is 0 Å². The molecule has 0 aromatic carbocycles. The van der Waals surface area contributed by atoms with Crippen LogP contribution < -0.4 is 4.72 Å². The van der Waals surface area contributed by atoms with Gasteiger partial charge in [0.1, 0.15) is 5.69 Å². The third kappa shape index (κ3) is 3.25. The highest BCUT2D eigenvalue weighted by atomic mass is 32.2. The first kappa shape index (κ1) is 14.9. The first-order valence-corrected chi connectivity index (χ1v) is 9.51. The van der Waals surface area contributed by atoms with Gasteiger partial charge in [-0.3, -0.25) is 4.79 Å². The Hall–Kier alpha value is -1.03. The number of fused-ring (bicyclic) bond motifs is 1. The largest absolute Gasteiger partial charge is 0.376 e. The predicted molar refractivity (Wildman–Crippen MR) is 77.6 cm³/mol. The molecule has 7 nitrogen and oxygen atoms in total. The third-order valence-electron chi connectivity index (χ3n) is 3.99. The monoisotopic (exact) mass is 331 g/mol. The topological polar surface area (TPSA) is 88.6 Å². The first-order valence-electron chi connectivity index (χ1n) is 6.68. The lowest BCUT2D eigenvalue weighted by molar-refractivity contribution is 0.0674. The molecule has 3 atom stereocenters. The van der Waals surface area contributed by atoms with Gasteiger partial charge in [0.05, 0.1) is 24.5 Å². The minimum atomic E-state index is -3.20. The van der Waals surface area contributed by atoms with E-state index in [-0.39, 0.29) is 23.8 Å². The van der Waals surface area contributed by atoms with Gasteiger partial charge in [-0.2, -0.15) is 0 Å². The van der Waals surface area contributed by atoms with Crippen molar-refractivity contribution in [1.82, 2.24) is 14.6 Å². The van der Waals surface area contributed by atoms with E-state index in [4.69, 9.17) is 4.74 Å². The lowest BCUT2D eigenvalue weighted by Gasteiger charge is -2.19. The van der Waals surface area contributed by atoms with Gasteiger partial charge in [0, 0.05) is 36.9 Å². The van der Waals surface area contributed by atoms with Gasteiger partial charge >= 0.3 is 0 Å². The van der Waals surface area contributed by atoms with Crippen LogP contribution in [0.4, 0.5) is 0 Å². The second-order valence-corrected chi connectivity index (χ2v) is 8.05. The molecule has 9 heteroatoms. The number of likely N-dealkylation sites (tertiary alicyclic amines) is 1. The highest BCUT2D eigenvalue weighted by molar-refractivity contribution is 7.88. The van der Waals surface area contributed by atoms with Gasteiger partial charge in [-0.1, -0.05) is 0 Å². The molecule has 3 rings (SSSR count). The average molecular weight is 331 g/mol. The highest BCUT2D eigenvalue weighted by Gasteiger charge is 2.45. The van der Waals surface area contributed by atoms with Crippen molar-refractivity contribution in [3.8, 4) is 0 Å². The molecule has 2 aliphatic rings. The summed E-state index contributed by atoms with van der Waals surface area (Å²) in [7, 11) is -3.20. The van der Waals surface area contributed by atoms with Crippen LogP contribution in [0.5, 0.6) is 0 Å². The second kappa shape index (κ2) is 5.64. The Kier molecular flexibility index (Phi) is 4.00. The fourth-order valence-corrected chi connectivity index (χ4v) is 3.96. The molecule has 2 aliphatic heterocycles. The summed E-state index contributed by atoms with van der Waals surface area (Å²) < 4.78 is 30.6. The first-order chi connectivity index (χ1) is 9.94. The Morgan fingerprint density at radius 3 is 3.05 bits per heavy atom. The standard InChI is InChI=1S/C12H17N3O4S2/c1-21(17,18)14-2-8-5-19-11-4-15(3-9(8)11)12(16)10-6-20-7-13-10/h6-9,11,14H,2-5H2,1H3/t8-,9-,11-/m1/s1. The summed E-state index contributed by atoms with van der Waals surface area (Å²) in [5.74, 6) is 0.212. The van der Waals surface area contributed by atoms with E-state index in [1.807, 2.05) is 0 Å². The Morgan fingerprint density at radius 2 is 2.38 bits per heavy atom. The van der Waals surface area contributed by atoms with E-state index in [0.717, 1.165) is 6.26 Å². The third-order valence-corrected chi connectivity index (χ3v) is 5.26. The lowest BCUT2D eigenvalue weighted by Crippen LogP contribution is -2.35. The number of hydrogen-bond donors (Lipinski definition) is 1. The van der Waals surface area contributed by atoms with Crippen molar-refractivity contribution < 1.29 is 17.9 Å². The van der Waals surface area contributed by atoms with E-state index in [1.165, 1.54) is 11.3 Å². The number of ether oxygens (including phenoxy) is 1. The molecule has 3 heterocycles. The number of rotatable bonds is 4. The van der Waals surface area contributed by atoms with Crippen molar-refractivity contribution >= 4 is 27.3 Å². The van der Waals surface area contributed by atoms with Gasteiger partial charge in [-0.25, -0.2) is 18.1 Å². The van der Waals surface area contributed by atoms with E-state index >= 15 is 0 Å². The number of thiazole rings is 1. The highest BCUT2D eigenvalue weighted by Crippen LogP contribution is 2.34. The SMILES string of the molecule is CS(=O)(=O)NC[C@@H]1CO[C@@H]2CN(C(=O)c3cscn3)C[C@H]12. The number of carbonyl (C=O) groups is 1. The molecule has 0 spiro atoms. The van der Waals surface area contributed by atoms with Crippen LogP contribution in [0.1, 0.15) is 10.5 Å². The van der Waals surface area contributed by atoms with Crippen LogP contribution in [-0.4, -0.2) is 62.8 Å². The molecule has 0 bridgehead atoms. The Labute approximate surface area is 127 Å². The van der Waals surface area contributed by atoms with E-state index < -0.39 is 10.0 Å². The summed E-state index contributed by atoms with van der Waals surface area (Å²) in [6, 6.07) is 0. The lowest BCUT2D eigenvalue weighted by atomic mass is 9.93. The van der Waals surface area contributed by atoms with Gasteiger partial charge < -0.3 is 9.64 Å². The van der Waals surface area contributed by atoms with E-state index in [0.29, 0.717) is 31.9 Å².